The van der Waals surface area contributed by atoms with Gasteiger partial charge in [-0.15, -0.1) is 5.10 Å². The number of nitrogen functional groups attached to an aromatic ring is 1. The van der Waals surface area contributed by atoms with E-state index in [1.165, 1.54) is 16.8 Å². The molecule has 4 aliphatic rings. The molecule has 402 valence electrons. The number of hydrogen-bond donors (Lipinski definition) is 9. The van der Waals surface area contributed by atoms with Crippen LogP contribution < -0.4 is 27.0 Å². The van der Waals surface area contributed by atoms with Gasteiger partial charge in [0.2, 0.25) is 11.8 Å². The van der Waals surface area contributed by atoms with Crippen molar-refractivity contribution in [3.8, 4) is 45.0 Å². The van der Waals surface area contributed by atoms with Crippen LogP contribution in [-0.4, -0.2) is 142 Å². The Hall–Kier alpha value is -7.99. The van der Waals surface area contributed by atoms with E-state index in [-0.39, 0.29) is 53.7 Å². The number of nitrogens with one attached hydrogen (secondary N) is 4. The summed E-state index contributed by atoms with van der Waals surface area (Å²) in [5.41, 5.74) is 6.50. The maximum absolute atomic E-state index is 13.6. The van der Waals surface area contributed by atoms with Crippen LogP contribution in [0.5, 0.6) is 0 Å². The summed E-state index contributed by atoms with van der Waals surface area (Å²) in [6.07, 6.45) is -5.13. The normalized spacial score (nSPS) is 19.3. The Kier molecular flexibility index (Phi) is 14.8. The van der Waals surface area contributed by atoms with Crippen LogP contribution >= 0.6 is 0 Å². The van der Waals surface area contributed by atoms with Crippen molar-refractivity contribution in [3.05, 3.63) is 119 Å². The van der Waals surface area contributed by atoms with Crippen LogP contribution in [0.2, 0.25) is 0 Å². The Bertz CT molecular complexity index is 3790. The van der Waals surface area contributed by atoms with E-state index in [1.807, 2.05) is 24.3 Å². The number of hydrogen-bond acceptors (Lipinski definition) is 20. The highest BCUT2D eigenvalue weighted by atomic mass is 32.2. The fourth-order valence-corrected chi connectivity index (χ4v) is 11.1. The van der Waals surface area contributed by atoms with Crippen molar-refractivity contribution in [2.45, 2.75) is 66.2 Å². The third-order valence-corrected chi connectivity index (χ3v) is 15.0. The number of amides is 3. The van der Waals surface area contributed by atoms with Crippen LogP contribution in [0, 0.1) is 5.41 Å². The molecule has 1 saturated heterocycles. The summed E-state index contributed by atoms with van der Waals surface area (Å²) in [5.74, 6) is -4.43. The molecule has 0 radical (unpaired) electrons. The van der Waals surface area contributed by atoms with E-state index in [0.29, 0.717) is 28.1 Å². The zero-order valence-corrected chi connectivity index (χ0v) is 41.8. The third-order valence-electron chi connectivity index (χ3n) is 13.2. The van der Waals surface area contributed by atoms with Crippen molar-refractivity contribution in [2.75, 3.05) is 32.0 Å². The monoisotopic (exact) mass is 1090 g/mol. The molecule has 6 atom stereocenters. The first-order valence-corrected chi connectivity index (χ1v) is 26.2. The second-order valence-electron chi connectivity index (χ2n) is 18.1. The number of nitrogens with two attached hydrogens (primary N) is 1. The van der Waals surface area contributed by atoms with Crippen molar-refractivity contribution in [2.24, 2.45) is 0 Å². The number of aromatic nitrogens is 3. The number of carbonyl (C=O) groups is 4. The lowest BCUT2D eigenvalue weighted by Gasteiger charge is -2.41. The third kappa shape index (κ3) is 10.5. The van der Waals surface area contributed by atoms with Gasteiger partial charge in [0.05, 0.1) is 47.2 Å². The fourth-order valence-electron chi connectivity index (χ4n) is 9.69. The number of aromatic carboxylic acids is 1. The molecule has 4 aromatic carbocycles. The summed E-state index contributed by atoms with van der Waals surface area (Å²) in [7, 11) is -11.0. The fraction of sp³-hybridized carbons (Fsp3) is 0.260. The second-order valence-corrected chi connectivity index (χ2v) is 20.7. The van der Waals surface area contributed by atoms with Crippen molar-refractivity contribution < 1.29 is 79.4 Å². The molecule has 0 bridgehead atoms. The smallest absolute Gasteiger partial charge is 0.336 e. The van der Waals surface area contributed by atoms with Crippen LogP contribution in [0.3, 0.4) is 0 Å². The van der Waals surface area contributed by atoms with E-state index in [4.69, 9.17) is 25.0 Å². The average Bonchev–Trinajstić information content (AvgIpc) is 3.91. The van der Waals surface area contributed by atoms with Gasteiger partial charge >= 0.3 is 5.97 Å². The maximum atomic E-state index is 13.6. The van der Waals surface area contributed by atoms with E-state index in [0.717, 1.165) is 35.9 Å². The number of aliphatic hydroxyl groups is 3. The highest BCUT2D eigenvalue weighted by Crippen LogP contribution is 2.46. The molecule has 27 heteroatoms. The Labute approximate surface area is 436 Å². The van der Waals surface area contributed by atoms with E-state index in [1.54, 1.807) is 31.2 Å². The minimum atomic E-state index is -5.52. The Morgan fingerprint density at radius 2 is 1.55 bits per heavy atom. The second kappa shape index (κ2) is 21.2. The molecular weight excluding hydrogens is 1050 g/mol. The lowest BCUT2D eigenvalue weighted by molar-refractivity contribution is -0.190. The minimum Gasteiger partial charge on any atom is -0.744 e. The molecule has 3 unspecified atom stereocenters. The van der Waals surface area contributed by atoms with Gasteiger partial charge in [-0.25, -0.2) is 26.3 Å². The number of nitrogens with zero attached hydrogens (tertiary/aromatic N) is 3. The van der Waals surface area contributed by atoms with Gasteiger partial charge in [0.15, 0.2) is 11.3 Å². The summed E-state index contributed by atoms with van der Waals surface area (Å²) >= 11 is 0. The first kappa shape index (κ1) is 53.8. The van der Waals surface area contributed by atoms with Crippen LogP contribution in [0.25, 0.3) is 55.9 Å². The topological polar surface area (TPSA) is 412 Å². The summed E-state index contributed by atoms with van der Waals surface area (Å²) in [5, 5.41) is 65.1. The van der Waals surface area contributed by atoms with Gasteiger partial charge in [-0.1, -0.05) is 59.8 Å². The molecule has 1 aromatic heterocycles. The first-order chi connectivity index (χ1) is 36.6. The lowest BCUT2D eigenvalue weighted by Crippen LogP contribution is -2.63. The van der Waals surface area contributed by atoms with E-state index in [2.05, 4.69) is 26.3 Å². The first-order valence-electron chi connectivity index (χ1n) is 23.4. The molecule has 3 heterocycles. The highest BCUT2D eigenvalue weighted by Gasteiger charge is 2.43. The number of rotatable bonds is 15. The number of fused-ring (bicyclic) bond motifs is 7. The molecule has 3 amide bonds. The predicted molar refractivity (Wildman–Crippen MR) is 265 cm³/mol. The number of carboxylic acids is 1. The predicted octanol–water partition coefficient (Wildman–Crippen LogP) is 0.844. The SMILES string of the molecule is C[C@@H]1OC(CO)[C@H](O)[C@H](O)C1NC(=O)Cn1nnc2c1-c1ccccc1C(OCC(=O)NCCNC(=O)c1ccc(-c3c4ccc(=N)c(S(=O)(=O)[O-])c-4oc4c(S(=O)(=O)[O-])c(N)ccc34)c(C(=O)O)c1)Cc1ccccc1-2. The average molecular weight is 1100 g/mol. The molecule has 5 aromatic rings. The van der Waals surface area contributed by atoms with Crippen molar-refractivity contribution in [3.63, 3.8) is 0 Å². The summed E-state index contributed by atoms with van der Waals surface area (Å²) in [6.45, 7) is -0.0379. The molecule has 10 N–H and O–H groups in total. The van der Waals surface area contributed by atoms with Gasteiger partial charge in [-0.3, -0.25) is 19.8 Å². The zero-order valence-electron chi connectivity index (χ0n) is 40.2. The van der Waals surface area contributed by atoms with Gasteiger partial charge in [-0.2, -0.15) is 0 Å². The maximum Gasteiger partial charge on any atom is 0.336 e. The van der Waals surface area contributed by atoms with E-state index in [9.17, 15) is 65.5 Å². The molecule has 2 aliphatic carbocycles. The van der Waals surface area contributed by atoms with Crippen molar-refractivity contribution >= 4 is 60.6 Å². The quantitative estimate of drug-likeness (QED) is 0.0297. The van der Waals surface area contributed by atoms with Crippen LogP contribution in [0.4, 0.5) is 5.69 Å². The van der Waals surface area contributed by atoms with Crippen molar-refractivity contribution in [1.29, 1.82) is 5.41 Å². The molecule has 2 aliphatic heterocycles. The Balaban J connectivity index is 0.901. The molecule has 1 fully saturated rings. The van der Waals surface area contributed by atoms with Gasteiger partial charge in [-0.05, 0) is 60.0 Å². The molecule has 9 rings (SSSR count). The van der Waals surface area contributed by atoms with Gasteiger partial charge < -0.3 is 65.1 Å². The number of benzene rings is 5. The summed E-state index contributed by atoms with van der Waals surface area (Å²) < 4.78 is 93.6. The summed E-state index contributed by atoms with van der Waals surface area (Å²) in [4.78, 5) is 50.9. The van der Waals surface area contributed by atoms with Crippen molar-refractivity contribution in [1.82, 2.24) is 30.9 Å². The van der Waals surface area contributed by atoms with Gasteiger partial charge in [0.25, 0.3) is 5.91 Å². The van der Waals surface area contributed by atoms with Gasteiger partial charge in [0, 0.05) is 52.7 Å². The zero-order chi connectivity index (χ0) is 55.2. The minimum absolute atomic E-state index is 0.121. The number of aliphatic hydroxyl groups excluding tert-OH is 3. The van der Waals surface area contributed by atoms with E-state index < -0.39 is 131 Å². The summed E-state index contributed by atoms with van der Waals surface area (Å²) in [6, 6.07) is 21.1. The van der Waals surface area contributed by atoms with E-state index >= 15 is 0 Å². The molecule has 25 nitrogen and oxygen atoms in total. The largest absolute Gasteiger partial charge is 0.744 e. The van der Waals surface area contributed by atoms with Crippen LogP contribution in [0.1, 0.15) is 44.9 Å². The number of ether oxygens (including phenoxy) is 2. The lowest BCUT2D eigenvalue weighted by atomic mass is 9.87. The van der Waals surface area contributed by atoms with Crippen LogP contribution in [-0.2, 0) is 52.3 Å². The molecule has 0 spiro atoms. The molecular formula is C50H46N8O17S2-2. The standard InChI is InChI=1S/C50H48N8O17S2/c1-23-40(44(63)43(62)36(21-59)74-23)55-37(60)20-58-42-29-9-5-4-8-27(29)35(19-24-6-2-3-7-26(24)41(42)56-57-58)73-22-38(61)53-16-17-54-49(64)25-10-11-28(32(18-25)50(65)66)39-30-12-14-33(51)47(76(67,68)69)45(30)75-46-31(39)13-15-34(52)48(46)77(70,71)72/h2-15,18,23,35-36,40,43-44,51,59,62-63H,16-17,19-22,52H2,1H3,(H,53,61)(H,54,64)(H,55,60)(H,65,66)(H,67,68,69)(H,70,71,72)/p-2/t23-,35?,36?,40?,43-,44+/m0/s1. The number of anilines is 1. The Morgan fingerprint density at radius 1 is 0.857 bits per heavy atom. The molecule has 77 heavy (non-hydrogen) atoms. The number of carbonyl (C=O) groups excluding carboxylic acids is 3. The highest BCUT2D eigenvalue weighted by molar-refractivity contribution is 7.86. The van der Waals surface area contributed by atoms with Crippen LogP contribution in [0.15, 0.2) is 105 Å². The molecule has 0 saturated carbocycles. The number of carboxylic acid groups (broad SMARTS) is 1. The Morgan fingerprint density at radius 3 is 2.26 bits per heavy atom. The van der Waals surface area contributed by atoms with Gasteiger partial charge in [0.1, 0.15) is 67.2 Å².